The molecule has 0 atom stereocenters. The molecule has 0 spiro atoms. The Morgan fingerprint density at radius 3 is 2.77 bits per heavy atom. The van der Waals surface area contributed by atoms with Gasteiger partial charge in [0.1, 0.15) is 4.38 Å². The van der Waals surface area contributed by atoms with Crippen LogP contribution in [0.2, 0.25) is 0 Å². The van der Waals surface area contributed by atoms with Crippen molar-refractivity contribution in [1.29, 1.82) is 0 Å². The number of aryl methyl sites for hydroxylation is 1. The second kappa shape index (κ2) is 8.87. The fourth-order valence-corrected chi connectivity index (χ4v) is 4.34. The molecule has 0 unspecified atom stereocenters. The maximum absolute atomic E-state index is 12.0. The lowest BCUT2D eigenvalue weighted by Gasteiger charge is -2.05. The van der Waals surface area contributed by atoms with E-state index in [1.54, 1.807) is 0 Å². The minimum Gasteiger partial charge on any atom is -0.326 e. The summed E-state index contributed by atoms with van der Waals surface area (Å²) < 4.78 is 0.695. The third-order valence-corrected chi connectivity index (χ3v) is 5.68. The first-order chi connectivity index (χ1) is 12.6. The number of nitrogens with zero attached hydrogens (tertiary/aromatic N) is 1. The molecule has 0 radical (unpaired) electrons. The van der Waals surface area contributed by atoms with Crippen LogP contribution in [0.25, 0.3) is 6.08 Å². The molecule has 0 aliphatic carbocycles. The number of aliphatic imine (C=N–C) groups is 1. The summed E-state index contributed by atoms with van der Waals surface area (Å²) in [5.74, 6) is 0.318. The normalized spacial score (nSPS) is 15.2. The summed E-state index contributed by atoms with van der Waals surface area (Å²) in [5, 5.41) is 2.88. The summed E-state index contributed by atoms with van der Waals surface area (Å²) in [6.45, 7) is 1.98. The number of nitrogens with one attached hydrogen (secondary N) is 1. The molecule has 1 aliphatic rings. The fraction of sp³-hybridized carbons (Fsp3) is 0.150. The number of amides is 2. The van der Waals surface area contributed by atoms with E-state index in [0.29, 0.717) is 21.5 Å². The second-order valence-corrected chi connectivity index (χ2v) is 8.09. The van der Waals surface area contributed by atoms with Crippen molar-refractivity contribution in [3.63, 3.8) is 0 Å². The van der Waals surface area contributed by atoms with Crippen LogP contribution in [0.15, 0.2) is 64.5 Å². The molecule has 2 amide bonds. The van der Waals surface area contributed by atoms with Gasteiger partial charge in [0.2, 0.25) is 5.91 Å². The quantitative estimate of drug-likeness (QED) is 0.760. The predicted octanol–water partition coefficient (Wildman–Crippen LogP) is 4.73. The Morgan fingerprint density at radius 2 is 2.00 bits per heavy atom. The van der Waals surface area contributed by atoms with Crippen molar-refractivity contribution in [2.45, 2.75) is 13.3 Å². The third kappa shape index (κ3) is 5.34. The molecule has 132 valence electrons. The molecular weight excluding hydrogens is 364 g/mol. The van der Waals surface area contributed by atoms with Crippen molar-refractivity contribution in [3.8, 4) is 0 Å². The maximum atomic E-state index is 12.0. The number of carbonyl (C=O) groups excluding carboxylic acids is 2. The van der Waals surface area contributed by atoms with Crippen LogP contribution in [-0.4, -0.2) is 21.9 Å². The smallest absolute Gasteiger partial charge is 0.285 e. The summed E-state index contributed by atoms with van der Waals surface area (Å²) in [6, 6.07) is 17.4. The number of benzene rings is 2. The molecule has 2 aromatic carbocycles. The first-order valence-electron chi connectivity index (χ1n) is 8.17. The standard InChI is InChI=1S/C20H18N2O2S2/c1-14-6-5-9-16(12-14)21-18(23)10-11-25-20-22-19(24)17(26-20)13-15-7-3-2-4-8-15/h2-9,12-13H,10-11H2,1H3,(H,21,23)/b17-13+. The molecule has 6 heteroatoms. The van der Waals surface area contributed by atoms with E-state index >= 15 is 0 Å². The Labute approximate surface area is 161 Å². The molecular formula is C20H18N2O2S2. The molecule has 3 rings (SSSR count). The molecule has 0 aromatic heterocycles. The Morgan fingerprint density at radius 1 is 1.19 bits per heavy atom. The zero-order valence-corrected chi connectivity index (χ0v) is 15.9. The largest absolute Gasteiger partial charge is 0.326 e. The molecule has 4 nitrogen and oxygen atoms in total. The van der Waals surface area contributed by atoms with Gasteiger partial charge in [-0.2, -0.15) is 4.99 Å². The number of thioether (sulfide) groups is 2. The summed E-state index contributed by atoms with van der Waals surface area (Å²) in [4.78, 5) is 28.7. The number of hydrogen-bond donors (Lipinski definition) is 1. The first-order valence-corrected chi connectivity index (χ1v) is 9.97. The Kier molecular flexibility index (Phi) is 6.30. The lowest BCUT2D eigenvalue weighted by molar-refractivity contribution is -0.116. The molecule has 0 bridgehead atoms. The molecule has 26 heavy (non-hydrogen) atoms. The third-order valence-electron chi connectivity index (χ3n) is 3.55. The van der Waals surface area contributed by atoms with E-state index in [2.05, 4.69) is 10.3 Å². The van der Waals surface area contributed by atoms with Crippen LogP contribution in [0, 0.1) is 6.92 Å². The van der Waals surface area contributed by atoms with Crippen LogP contribution in [-0.2, 0) is 9.59 Å². The lowest BCUT2D eigenvalue weighted by Crippen LogP contribution is -2.12. The molecule has 1 heterocycles. The van der Waals surface area contributed by atoms with E-state index in [4.69, 9.17) is 0 Å². The average molecular weight is 383 g/mol. The highest BCUT2D eigenvalue weighted by Crippen LogP contribution is 2.33. The number of hydrogen-bond acceptors (Lipinski definition) is 4. The highest BCUT2D eigenvalue weighted by Gasteiger charge is 2.22. The van der Waals surface area contributed by atoms with E-state index < -0.39 is 0 Å². The van der Waals surface area contributed by atoms with Crippen LogP contribution >= 0.6 is 23.5 Å². The van der Waals surface area contributed by atoms with E-state index in [1.807, 2.05) is 67.6 Å². The summed E-state index contributed by atoms with van der Waals surface area (Å²) in [5.41, 5.74) is 2.88. The van der Waals surface area contributed by atoms with Gasteiger partial charge in [-0.15, -0.1) is 0 Å². The summed E-state index contributed by atoms with van der Waals surface area (Å²) in [6.07, 6.45) is 2.21. The van der Waals surface area contributed by atoms with Crippen LogP contribution in [0.4, 0.5) is 5.69 Å². The molecule has 1 N–H and O–H groups in total. The van der Waals surface area contributed by atoms with Gasteiger partial charge in [-0.3, -0.25) is 9.59 Å². The number of carbonyl (C=O) groups is 2. The van der Waals surface area contributed by atoms with Crippen molar-refractivity contribution in [3.05, 3.63) is 70.6 Å². The molecule has 1 aliphatic heterocycles. The first kappa shape index (κ1) is 18.5. The highest BCUT2D eigenvalue weighted by atomic mass is 32.2. The van der Waals surface area contributed by atoms with Gasteiger partial charge in [0.15, 0.2) is 0 Å². The Bertz CT molecular complexity index is 876. The minimum absolute atomic E-state index is 0.0434. The molecule has 0 fully saturated rings. The minimum atomic E-state index is -0.217. The molecule has 2 aromatic rings. The fourth-order valence-electron chi connectivity index (χ4n) is 2.33. The lowest BCUT2D eigenvalue weighted by atomic mass is 10.2. The monoisotopic (exact) mass is 382 g/mol. The van der Waals surface area contributed by atoms with Crippen LogP contribution in [0.5, 0.6) is 0 Å². The number of anilines is 1. The Hall–Kier alpha value is -2.31. The van der Waals surface area contributed by atoms with Gasteiger partial charge in [-0.25, -0.2) is 0 Å². The van der Waals surface area contributed by atoms with Gasteiger partial charge in [0, 0.05) is 17.9 Å². The van der Waals surface area contributed by atoms with Crippen molar-refractivity contribution < 1.29 is 9.59 Å². The van der Waals surface area contributed by atoms with Crippen molar-refractivity contribution >= 4 is 51.5 Å². The topological polar surface area (TPSA) is 58.5 Å². The highest BCUT2D eigenvalue weighted by molar-refractivity contribution is 8.41. The zero-order valence-electron chi connectivity index (χ0n) is 14.3. The van der Waals surface area contributed by atoms with E-state index in [-0.39, 0.29) is 11.8 Å². The van der Waals surface area contributed by atoms with Crippen molar-refractivity contribution in [1.82, 2.24) is 0 Å². The summed E-state index contributed by atoms with van der Waals surface area (Å²) in [7, 11) is 0. The zero-order chi connectivity index (χ0) is 18.4. The Balaban J connectivity index is 1.47. The van der Waals surface area contributed by atoms with Crippen LogP contribution in [0.3, 0.4) is 0 Å². The van der Waals surface area contributed by atoms with Crippen molar-refractivity contribution in [2.75, 3.05) is 11.1 Å². The van der Waals surface area contributed by atoms with Gasteiger partial charge >= 0.3 is 0 Å². The van der Waals surface area contributed by atoms with Gasteiger partial charge in [-0.05, 0) is 36.3 Å². The molecule has 0 saturated heterocycles. The molecule has 0 saturated carbocycles. The predicted molar refractivity (Wildman–Crippen MR) is 111 cm³/mol. The van der Waals surface area contributed by atoms with Crippen LogP contribution < -0.4 is 5.32 Å². The van der Waals surface area contributed by atoms with E-state index in [9.17, 15) is 9.59 Å². The van der Waals surface area contributed by atoms with Crippen LogP contribution in [0.1, 0.15) is 17.5 Å². The maximum Gasteiger partial charge on any atom is 0.285 e. The van der Waals surface area contributed by atoms with E-state index in [1.165, 1.54) is 23.5 Å². The van der Waals surface area contributed by atoms with Gasteiger partial charge in [0.25, 0.3) is 5.91 Å². The SMILES string of the molecule is Cc1cccc(NC(=O)CCSC2=NC(=O)/C(=C\c3ccccc3)S2)c1. The van der Waals surface area contributed by atoms with Crippen molar-refractivity contribution in [2.24, 2.45) is 4.99 Å². The van der Waals surface area contributed by atoms with Gasteiger partial charge < -0.3 is 5.32 Å². The number of rotatable bonds is 5. The van der Waals surface area contributed by atoms with Gasteiger partial charge in [-0.1, -0.05) is 66.0 Å². The van der Waals surface area contributed by atoms with E-state index in [0.717, 1.165) is 16.8 Å². The average Bonchev–Trinajstić information content (AvgIpc) is 2.95. The summed E-state index contributed by atoms with van der Waals surface area (Å²) >= 11 is 2.80. The second-order valence-electron chi connectivity index (χ2n) is 5.72. The van der Waals surface area contributed by atoms with Gasteiger partial charge in [0.05, 0.1) is 4.91 Å².